The van der Waals surface area contributed by atoms with Crippen molar-refractivity contribution in [3.63, 3.8) is 0 Å². The molecule has 3 atom stereocenters. The van der Waals surface area contributed by atoms with Gasteiger partial charge in [-0.3, -0.25) is 0 Å². The number of hydrogen-bond donors (Lipinski definition) is 3. The van der Waals surface area contributed by atoms with Crippen LogP contribution < -0.4 is 0 Å². The molecule has 0 bridgehead atoms. The number of hydrogen-bond acceptors (Lipinski definition) is 3. The monoisotopic (exact) mass is 270 g/mol. The lowest BCUT2D eigenvalue weighted by molar-refractivity contribution is -0.00524. The standard InChI is InChI=1S/C7H15FO2.C6H13FO/c1-5(2)3-6(9)7(10)4-8;1-5(2)3-6(8)4-7/h5-7,9-10H,3-4H2,1-2H3;5-6,8H,3-4H2,1-2H3. The third kappa shape index (κ3) is 13.8. The highest BCUT2D eigenvalue weighted by Gasteiger charge is 2.16. The van der Waals surface area contributed by atoms with Gasteiger partial charge in [0, 0.05) is 0 Å². The summed E-state index contributed by atoms with van der Waals surface area (Å²) in [5, 5.41) is 26.4. The van der Waals surface area contributed by atoms with Gasteiger partial charge in [-0.15, -0.1) is 0 Å². The molecule has 0 heterocycles. The van der Waals surface area contributed by atoms with Gasteiger partial charge in [-0.25, -0.2) is 8.78 Å². The van der Waals surface area contributed by atoms with Crippen LogP contribution in [-0.2, 0) is 0 Å². The van der Waals surface area contributed by atoms with Crippen LogP contribution in [0.4, 0.5) is 8.78 Å². The van der Waals surface area contributed by atoms with Crippen molar-refractivity contribution in [1.29, 1.82) is 0 Å². The summed E-state index contributed by atoms with van der Waals surface area (Å²) in [5.74, 6) is 0.678. The minimum atomic E-state index is -1.21. The van der Waals surface area contributed by atoms with Crippen LogP contribution >= 0.6 is 0 Å². The summed E-state index contributed by atoms with van der Waals surface area (Å²) >= 11 is 0. The van der Waals surface area contributed by atoms with E-state index in [-0.39, 0.29) is 5.92 Å². The summed E-state index contributed by atoms with van der Waals surface area (Å²) in [4.78, 5) is 0. The van der Waals surface area contributed by atoms with E-state index in [0.717, 1.165) is 0 Å². The molecule has 5 heteroatoms. The number of aliphatic hydroxyl groups is 3. The average Bonchev–Trinajstić information content (AvgIpc) is 2.26. The molecule has 0 aromatic carbocycles. The molecule has 0 amide bonds. The van der Waals surface area contributed by atoms with Crippen LogP contribution in [-0.4, -0.2) is 47.0 Å². The Balaban J connectivity index is 0. The Morgan fingerprint density at radius 2 is 1.17 bits per heavy atom. The zero-order valence-electron chi connectivity index (χ0n) is 11.8. The normalized spacial score (nSPS) is 16.2. The molecule has 3 N–H and O–H groups in total. The molecule has 0 saturated carbocycles. The van der Waals surface area contributed by atoms with E-state index in [2.05, 4.69) is 0 Å². The Kier molecular flexibility index (Phi) is 13.2. The lowest BCUT2D eigenvalue weighted by atomic mass is 10.0. The molecule has 3 unspecified atom stereocenters. The van der Waals surface area contributed by atoms with Gasteiger partial charge in [0.15, 0.2) is 0 Å². The van der Waals surface area contributed by atoms with Gasteiger partial charge in [0.25, 0.3) is 0 Å². The predicted molar refractivity (Wildman–Crippen MR) is 68.9 cm³/mol. The molecule has 18 heavy (non-hydrogen) atoms. The van der Waals surface area contributed by atoms with E-state index in [1.54, 1.807) is 0 Å². The maximum Gasteiger partial charge on any atom is 0.118 e. The highest BCUT2D eigenvalue weighted by Crippen LogP contribution is 2.08. The van der Waals surface area contributed by atoms with Crippen LogP contribution in [0, 0.1) is 11.8 Å². The molecule has 0 fully saturated rings. The minimum absolute atomic E-state index is 0.288. The molecule has 0 aromatic heterocycles. The summed E-state index contributed by atoms with van der Waals surface area (Å²) in [7, 11) is 0. The van der Waals surface area contributed by atoms with Crippen molar-refractivity contribution in [2.45, 2.75) is 58.8 Å². The molecule has 112 valence electrons. The van der Waals surface area contributed by atoms with Crippen molar-refractivity contribution in [3.05, 3.63) is 0 Å². The van der Waals surface area contributed by atoms with Crippen molar-refractivity contribution in [2.75, 3.05) is 13.3 Å². The van der Waals surface area contributed by atoms with Gasteiger partial charge in [0.1, 0.15) is 19.5 Å². The first-order valence-electron chi connectivity index (χ1n) is 6.40. The quantitative estimate of drug-likeness (QED) is 0.664. The maximum atomic E-state index is 11.7. The first kappa shape index (κ1) is 20.1. The summed E-state index contributed by atoms with van der Waals surface area (Å²) in [6.07, 6.45) is -1.84. The van der Waals surface area contributed by atoms with Crippen LogP contribution in [0.15, 0.2) is 0 Å². The highest BCUT2D eigenvalue weighted by molar-refractivity contribution is 4.67. The number of alkyl halides is 2. The van der Waals surface area contributed by atoms with Gasteiger partial charge >= 0.3 is 0 Å². The Bertz CT molecular complexity index is 178. The summed E-state index contributed by atoms with van der Waals surface area (Å²) in [6.45, 7) is 6.26. The molecule has 0 saturated heterocycles. The second-order valence-corrected chi connectivity index (χ2v) is 5.36. The van der Waals surface area contributed by atoms with E-state index in [0.29, 0.717) is 18.8 Å². The second kappa shape index (κ2) is 11.8. The Morgan fingerprint density at radius 3 is 1.39 bits per heavy atom. The van der Waals surface area contributed by atoms with E-state index in [4.69, 9.17) is 15.3 Å². The Labute approximate surface area is 109 Å². The zero-order valence-corrected chi connectivity index (χ0v) is 11.8. The van der Waals surface area contributed by atoms with Crippen molar-refractivity contribution in [1.82, 2.24) is 0 Å². The fourth-order valence-corrected chi connectivity index (χ4v) is 1.35. The van der Waals surface area contributed by atoms with Crippen LogP contribution in [0.2, 0.25) is 0 Å². The van der Waals surface area contributed by atoms with Gasteiger partial charge in [-0.05, 0) is 24.7 Å². The van der Waals surface area contributed by atoms with Gasteiger partial charge in [-0.2, -0.15) is 0 Å². The van der Waals surface area contributed by atoms with Crippen molar-refractivity contribution in [2.24, 2.45) is 11.8 Å². The van der Waals surface area contributed by atoms with Gasteiger partial charge in [0.2, 0.25) is 0 Å². The molecular weight excluding hydrogens is 242 g/mol. The first-order chi connectivity index (χ1) is 8.24. The molecule has 3 nitrogen and oxygen atoms in total. The highest BCUT2D eigenvalue weighted by atomic mass is 19.1. The lowest BCUT2D eigenvalue weighted by Crippen LogP contribution is -2.28. The van der Waals surface area contributed by atoms with E-state index in [1.807, 2.05) is 27.7 Å². The summed E-state index contributed by atoms with van der Waals surface area (Å²) < 4.78 is 23.2. The number of halogens is 2. The molecule has 0 spiro atoms. The van der Waals surface area contributed by atoms with Crippen molar-refractivity contribution < 1.29 is 24.1 Å². The lowest BCUT2D eigenvalue weighted by Gasteiger charge is -2.16. The van der Waals surface area contributed by atoms with E-state index in [1.165, 1.54) is 0 Å². The predicted octanol–water partition coefficient (Wildman–Crippen LogP) is 2.09. The van der Waals surface area contributed by atoms with Crippen LogP contribution in [0.1, 0.15) is 40.5 Å². The van der Waals surface area contributed by atoms with Gasteiger partial charge in [-0.1, -0.05) is 27.7 Å². The largest absolute Gasteiger partial charge is 0.390 e. The molecule has 0 aromatic rings. The number of rotatable bonds is 7. The van der Waals surface area contributed by atoms with Crippen molar-refractivity contribution in [3.8, 4) is 0 Å². The third-order valence-electron chi connectivity index (χ3n) is 2.24. The smallest absolute Gasteiger partial charge is 0.118 e. The van der Waals surface area contributed by atoms with E-state index in [9.17, 15) is 8.78 Å². The van der Waals surface area contributed by atoms with E-state index >= 15 is 0 Å². The van der Waals surface area contributed by atoms with Crippen molar-refractivity contribution >= 4 is 0 Å². The first-order valence-corrected chi connectivity index (χ1v) is 6.40. The summed E-state index contributed by atoms with van der Waals surface area (Å²) in [6, 6.07) is 0. The molecule has 0 aliphatic rings. The van der Waals surface area contributed by atoms with Gasteiger partial charge in [0.05, 0.1) is 12.2 Å². The summed E-state index contributed by atoms with van der Waals surface area (Å²) in [5.41, 5.74) is 0. The molecule has 0 rings (SSSR count). The van der Waals surface area contributed by atoms with Gasteiger partial charge < -0.3 is 15.3 Å². The third-order valence-corrected chi connectivity index (χ3v) is 2.24. The Morgan fingerprint density at radius 1 is 0.722 bits per heavy atom. The molecule has 0 radical (unpaired) electrons. The minimum Gasteiger partial charge on any atom is -0.390 e. The molecule has 0 aliphatic carbocycles. The fourth-order valence-electron chi connectivity index (χ4n) is 1.35. The topological polar surface area (TPSA) is 60.7 Å². The zero-order chi connectivity index (χ0) is 14.7. The maximum absolute atomic E-state index is 11.7. The average molecular weight is 270 g/mol. The molecule has 0 aliphatic heterocycles. The Hall–Kier alpha value is -0.260. The molecular formula is C13H28F2O3. The number of aliphatic hydroxyl groups excluding tert-OH is 3. The second-order valence-electron chi connectivity index (χ2n) is 5.36. The van der Waals surface area contributed by atoms with Crippen LogP contribution in [0.5, 0.6) is 0 Å². The fraction of sp³-hybridized carbons (Fsp3) is 1.00. The van der Waals surface area contributed by atoms with E-state index < -0.39 is 31.7 Å². The van der Waals surface area contributed by atoms with Crippen LogP contribution in [0.3, 0.4) is 0 Å². The van der Waals surface area contributed by atoms with Crippen LogP contribution in [0.25, 0.3) is 0 Å². The SMILES string of the molecule is CC(C)CC(O)C(O)CF.CC(C)CC(O)CF.